The number of halogens is 1. The molecule has 0 radical (unpaired) electrons. The molecule has 120 valence electrons. The Morgan fingerprint density at radius 2 is 2.00 bits per heavy atom. The summed E-state index contributed by atoms with van der Waals surface area (Å²) in [5, 5.41) is 0. The van der Waals surface area contributed by atoms with Crippen LogP contribution in [0, 0.1) is 5.82 Å². The molecular weight excluding hydrogens is 293 g/mol. The number of rotatable bonds is 6. The Labute approximate surface area is 135 Å². The number of carbonyl (C=O) groups excluding carboxylic acids is 1. The first-order valence-electron chi connectivity index (χ1n) is 7.96. The first-order valence-corrected chi connectivity index (χ1v) is 7.96. The van der Waals surface area contributed by atoms with Crippen LogP contribution >= 0.6 is 0 Å². The largest absolute Gasteiger partial charge is 0.494 e. The molecule has 0 heterocycles. The van der Waals surface area contributed by atoms with Crippen LogP contribution in [0.15, 0.2) is 48.5 Å². The van der Waals surface area contributed by atoms with Gasteiger partial charge in [0.2, 0.25) is 0 Å². The Hall–Kier alpha value is -2.36. The first kappa shape index (κ1) is 15.5. The molecule has 1 aliphatic carbocycles. The Balaban J connectivity index is 1.82. The summed E-state index contributed by atoms with van der Waals surface area (Å²) in [5.41, 5.74) is 1.13. The molecule has 3 rings (SSSR count). The van der Waals surface area contributed by atoms with E-state index >= 15 is 0 Å². The SMILES string of the molecule is CCOc1cccc(C(=O)N(Cc2ccccc2F)C2CC2)c1. The summed E-state index contributed by atoms with van der Waals surface area (Å²) in [7, 11) is 0. The highest BCUT2D eigenvalue weighted by Crippen LogP contribution is 2.30. The summed E-state index contributed by atoms with van der Waals surface area (Å²) in [6, 6.07) is 14.0. The Bertz CT molecular complexity index is 697. The van der Waals surface area contributed by atoms with Gasteiger partial charge in [0.1, 0.15) is 11.6 Å². The van der Waals surface area contributed by atoms with Gasteiger partial charge in [-0.3, -0.25) is 4.79 Å². The Morgan fingerprint density at radius 3 is 2.70 bits per heavy atom. The Morgan fingerprint density at radius 1 is 1.22 bits per heavy atom. The number of amides is 1. The van der Waals surface area contributed by atoms with Crippen LogP contribution < -0.4 is 4.74 Å². The number of nitrogens with zero attached hydrogens (tertiary/aromatic N) is 1. The highest BCUT2D eigenvalue weighted by molar-refractivity contribution is 5.95. The third kappa shape index (κ3) is 3.70. The van der Waals surface area contributed by atoms with Crippen molar-refractivity contribution in [3.8, 4) is 5.75 Å². The zero-order valence-corrected chi connectivity index (χ0v) is 13.2. The maximum absolute atomic E-state index is 13.9. The minimum Gasteiger partial charge on any atom is -0.494 e. The van der Waals surface area contributed by atoms with Crippen LogP contribution in [0.4, 0.5) is 4.39 Å². The van der Waals surface area contributed by atoms with E-state index in [1.54, 1.807) is 35.2 Å². The summed E-state index contributed by atoms with van der Waals surface area (Å²) in [5.74, 6) is 0.339. The second-order valence-corrected chi connectivity index (χ2v) is 5.72. The van der Waals surface area contributed by atoms with Gasteiger partial charge < -0.3 is 9.64 Å². The smallest absolute Gasteiger partial charge is 0.254 e. The van der Waals surface area contributed by atoms with E-state index in [4.69, 9.17) is 4.74 Å². The lowest BCUT2D eigenvalue weighted by atomic mass is 10.1. The van der Waals surface area contributed by atoms with Crippen LogP contribution in [0.3, 0.4) is 0 Å². The van der Waals surface area contributed by atoms with Crippen molar-refractivity contribution in [2.24, 2.45) is 0 Å². The van der Waals surface area contributed by atoms with Crippen molar-refractivity contribution in [1.82, 2.24) is 4.90 Å². The van der Waals surface area contributed by atoms with Gasteiger partial charge in [-0.25, -0.2) is 4.39 Å². The molecule has 0 spiro atoms. The third-order valence-corrected chi connectivity index (χ3v) is 3.94. The van der Waals surface area contributed by atoms with Gasteiger partial charge >= 0.3 is 0 Å². The van der Waals surface area contributed by atoms with Crippen molar-refractivity contribution in [2.75, 3.05) is 6.61 Å². The van der Waals surface area contributed by atoms with E-state index in [0.29, 0.717) is 30.0 Å². The van der Waals surface area contributed by atoms with Crippen molar-refractivity contribution < 1.29 is 13.9 Å². The fraction of sp³-hybridized carbons (Fsp3) is 0.316. The van der Waals surface area contributed by atoms with Gasteiger partial charge in [0.05, 0.1) is 6.61 Å². The molecule has 0 saturated heterocycles. The number of hydrogen-bond donors (Lipinski definition) is 0. The summed E-state index contributed by atoms with van der Waals surface area (Å²) >= 11 is 0. The minimum absolute atomic E-state index is 0.0719. The zero-order chi connectivity index (χ0) is 16.2. The lowest BCUT2D eigenvalue weighted by Crippen LogP contribution is -2.32. The summed E-state index contributed by atoms with van der Waals surface area (Å²) in [4.78, 5) is 14.6. The van der Waals surface area contributed by atoms with E-state index in [0.717, 1.165) is 12.8 Å². The van der Waals surface area contributed by atoms with Crippen molar-refractivity contribution in [3.63, 3.8) is 0 Å². The second-order valence-electron chi connectivity index (χ2n) is 5.72. The molecule has 1 fully saturated rings. The summed E-state index contributed by atoms with van der Waals surface area (Å²) < 4.78 is 19.4. The number of ether oxygens (including phenoxy) is 1. The normalized spacial score (nSPS) is 13.7. The summed E-state index contributed by atoms with van der Waals surface area (Å²) in [6.07, 6.45) is 1.96. The molecule has 0 N–H and O–H groups in total. The van der Waals surface area contributed by atoms with Gasteiger partial charge in [0.25, 0.3) is 5.91 Å². The maximum atomic E-state index is 13.9. The fourth-order valence-corrected chi connectivity index (χ4v) is 2.61. The van der Waals surface area contributed by atoms with Crippen molar-refractivity contribution in [2.45, 2.75) is 32.4 Å². The molecule has 4 heteroatoms. The number of carbonyl (C=O) groups is 1. The van der Waals surface area contributed by atoms with Crippen LogP contribution in [-0.2, 0) is 6.54 Å². The average Bonchev–Trinajstić information content (AvgIpc) is 3.39. The predicted octanol–water partition coefficient (Wildman–Crippen LogP) is 4.03. The minimum atomic E-state index is -0.269. The van der Waals surface area contributed by atoms with Gasteiger partial charge in [-0.05, 0) is 44.0 Å². The van der Waals surface area contributed by atoms with E-state index in [1.807, 2.05) is 19.1 Å². The predicted molar refractivity (Wildman–Crippen MR) is 86.9 cm³/mol. The van der Waals surface area contributed by atoms with Gasteiger partial charge in [-0.15, -0.1) is 0 Å². The molecule has 1 aliphatic rings. The zero-order valence-electron chi connectivity index (χ0n) is 13.2. The molecule has 2 aromatic carbocycles. The van der Waals surface area contributed by atoms with Gasteiger partial charge in [0.15, 0.2) is 0 Å². The topological polar surface area (TPSA) is 29.5 Å². The van der Waals surface area contributed by atoms with E-state index in [-0.39, 0.29) is 17.8 Å². The van der Waals surface area contributed by atoms with Gasteiger partial charge in [-0.1, -0.05) is 24.3 Å². The molecular formula is C19H20FNO2. The summed E-state index contributed by atoms with van der Waals surface area (Å²) in [6.45, 7) is 2.76. The molecule has 2 aromatic rings. The molecule has 1 amide bonds. The highest BCUT2D eigenvalue weighted by Gasteiger charge is 2.33. The van der Waals surface area contributed by atoms with E-state index in [9.17, 15) is 9.18 Å². The van der Waals surface area contributed by atoms with Crippen LogP contribution in [0.5, 0.6) is 5.75 Å². The van der Waals surface area contributed by atoms with Crippen LogP contribution in [0.2, 0.25) is 0 Å². The number of benzene rings is 2. The van der Waals surface area contributed by atoms with Crippen molar-refractivity contribution >= 4 is 5.91 Å². The maximum Gasteiger partial charge on any atom is 0.254 e. The molecule has 0 bridgehead atoms. The molecule has 23 heavy (non-hydrogen) atoms. The quantitative estimate of drug-likeness (QED) is 0.806. The van der Waals surface area contributed by atoms with Crippen LogP contribution in [-0.4, -0.2) is 23.5 Å². The van der Waals surface area contributed by atoms with Gasteiger partial charge in [0, 0.05) is 23.7 Å². The van der Waals surface area contributed by atoms with Crippen LogP contribution in [0.1, 0.15) is 35.7 Å². The van der Waals surface area contributed by atoms with Gasteiger partial charge in [-0.2, -0.15) is 0 Å². The molecule has 0 aromatic heterocycles. The molecule has 0 aliphatic heterocycles. The highest BCUT2D eigenvalue weighted by atomic mass is 19.1. The molecule has 0 atom stereocenters. The third-order valence-electron chi connectivity index (χ3n) is 3.94. The van der Waals surface area contributed by atoms with Crippen molar-refractivity contribution in [1.29, 1.82) is 0 Å². The first-order chi connectivity index (χ1) is 11.2. The Kier molecular flexibility index (Phi) is 4.60. The lowest BCUT2D eigenvalue weighted by molar-refractivity contribution is 0.0728. The number of hydrogen-bond acceptors (Lipinski definition) is 2. The molecule has 1 saturated carbocycles. The van der Waals surface area contributed by atoms with E-state index in [2.05, 4.69) is 0 Å². The fourth-order valence-electron chi connectivity index (χ4n) is 2.61. The van der Waals surface area contributed by atoms with E-state index in [1.165, 1.54) is 6.07 Å². The molecule has 0 unspecified atom stereocenters. The molecule has 3 nitrogen and oxygen atoms in total. The standard InChI is InChI=1S/C19H20FNO2/c1-2-23-17-8-5-7-14(12-17)19(22)21(16-10-11-16)13-15-6-3-4-9-18(15)20/h3-9,12,16H,2,10-11,13H2,1H3. The van der Waals surface area contributed by atoms with Crippen molar-refractivity contribution in [3.05, 3.63) is 65.5 Å². The second kappa shape index (κ2) is 6.82. The van der Waals surface area contributed by atoms with Crippen LogP contribution in [0.25, 0.3) is 0 Å². The average molecular weight is 313 g/mol. The monoisotopic (exact) mass is 313 g/mol. The lowest BCUT2D eigenvalue weighted by Gasteiger charge is -2.23. The van der Waals surface area contributed by atoms with E-state index < -0.39 is 0 Å².